The van der Waals surface area contributed by atoms with Gasteiger partial charge in [-0.3, -0.25) is 14.5 Å². The average molecular weight is 215 g/mol. The minimum Gasteiger partial charge on any atom is -0.347 e. The van der Waals surface area contributed by atoms with Crippen LogP contribution in [-0.4, -0.2) is 74.3 Å². The predicted molar refractivity (Wildman–Crippen MR) is 59.5 cm³/mol. The second-order valence-electron chi connectivity index (χ2n) is 4.37. The zero-order valence-electron chi connectivity index (χ0n) is 10.7. The lowest BCUT2D eigenvalue weighted by atomic mass is 9.97. The van der Waals surface area contributed by atoms with Gasteiger partial charge in [0.25, 0.3) is 11.8 Å². The smallest absolute Gasteiger partial charge is 0.252 e. The van der Waals surface area contributed by atoms with Crippen molar-refractivity contribution in [3.63, 3.8) is 0 Å². The van der Waals surface area contributed by atoms with Crippen molar-refractivity contribution in [2.24, 2.45) is 0 Å². The summed E-state index contributed by atoms with van der Waals surface area (Å²) in [6.07, 6.45) is 0. The zero-order valence-corrected chi connectivity index (χ0v) is 10.7. The summed E-state index contributed by atoms with van der Waals surface area (Å²) in [4.78, 5) is 28.5. The predicted octanol–water partition coefficient (Wildman–Crippen LogP) is -0.517. The highest BCUT2D eigenvalue weighted by molar-refractivity contribution is 6.08. The fraction of sp³-hybridized carbons (Fsp3) is 0.800. The van der Waals surface area contributed by atoms with E-state index >= 15 is 0 Å². The number of hydrogen-bond acceptors (Lipinski definition) is 3. The first-order valence-corrected chi connectivity index (χ1v) is 4.76. The Labute approximate surface area is 91.6 Å². The Kier molecular flexibility index (Phi) is 4.27. The molecule has 0 rings (SSSR count). The Morgan fingerprint density at radius 3 is 1.20 bits per heavy atom. The van der Waals surface area contributed by atoms with Crippen LogP contribution in [0, 0.1) is 0 Å². The van der Waals surface area contributed by atoms with Crippen molar-refractivity contribution in [3.05, 3.63) is 0 Å². The van der Waals surface area contributed by atoms with E-state index < -0.39 is 5.54 Å². The average Bonchev–Trinajstić information content (AvgIpc) is 2.13. The number of rotatable bonds is 3. The van der Waals surface area contributed by atoms with Gasteiger partial charge >= 0.3 is 0 Å². The number of nitrogens with zero attached hydrogens (tertiary/aromatic N) is 3. The van der Waals surface area contributed by atoms with Gasteiger partial charge in [0, 0.05) is 28.2 Å². The summed E-state index contributed by atoms with van der Waals surface area (Å²) < 4.78 is 0. The van der Waals surface area contributed by atoms with Gasteiger partial charge in [0.05, 0.1) is 0 Å². The highest BCUT2D eigenvalue weighted by atomic mass is 16.2. The molecule has 0 fully saturated rings. The van der Waals surface area contributed by atoms with Crippen LogP contribution >= 0.6 is 0 Å². The maximum Gasteiger partial charge on any atom is 0.252 e. The molecular weight excluding hydrogens is 194 g/mol. The highest BCUT2D eigenvalue weighted by Gasteiger charge is 2.45. The summed E-state index contributed by atoms with van der Waals surface area (Å²) in [5.41, 5.74) is -1.13. The molecule has 0 aliphatic heterocycles. The molecule has 0 aliphatic carbocycles. The monoisotopic (exact) mass is 215 g/mol. The van der Waals surface area contributed by atoms with E-state index in [2.05, 4.69) is 0 Å². The second-order valence-corrected chi connectivity index (χ2v) is 4.37. The minimum atomic E-state index is -1.13. The topological polar surface area (TPSA) is 43.9 Å². The van der Waals surface area contributed by atoms with Gasteiger partial charge in [0.15, 0.2) is 5.54 Å². The van der Waals surface area contributed by atoms with E-state index in [9.17, 15) is 9.59 Å². The first-order chi connectivity index (χ1) is 6.65. The maximum absolute atomic E-state index is 12.0. The normalized spacial score (nSPS) is 11.5. The molecule has 0 N–H and O–H groups in total. The van der Waals surface area contributed by atoms with Crippen LogP contribution in [-0.2, 0) is 9.59 Å². The van der Waals surface area contributed by atoms with E-state index in [4.69, 9.17) is 0 Å². The Bertz CT molecular complexity index is 239. The Hall–Kier alpha value is -1.10. The summed E-state index contributed by atoms with van der Waals surface area (Å²) >= 11 is 0. The second kappa shape index (κ2) is 4.61. The summed E-state index contributed by atoms with van der Waals surface area (Å²) in [6, 6.07) is 0. The van der Waals surface area contributed by atoms with Gasteiger partial charge in [0.2, 0.25) is 0 Å². The van der Waals surface area contributed by atoms with Crippen LogP contribution in [0.4, 0.5) is 0 Å². The van der Waals surface area contributed by atoms with Crippen LogP contribution in [0.15, 0.2) is 0 Å². The van der Waals surface area contributed by atoms with Crippen molar-refractivity contribution in [3.8, 4) is 0 Å². The van der Waals surface area contributed by atoms with E-state index in [1.807, 2.05) is 0 Å². The van der Waals surface area contributed by atoms with Crippen molar-refractivity contribution in [1.82, 2.24) is 14.7 Å². The number of amides is 2. The van der Waals surface area contributed by atoms with Gasteiger partial charge in [-0.15, -0.1) is 0 Å². The fourth-order valence-corrected chi connectivity index (χ4v) is 1.34. The Balaban J connectivity index is 5.26. The van der Waals surface area contributed by atoms with Crippen LogP contribution in [0.2, 0.25) is 0 Å². The molecule has 0 saturated heterocycles. The lowest BCUT2D eigenvalue weighted by Crippen LogP contribution is -2.62. The summed E-state index contributed by atoms with van der Waals surface area (Å²) in [7, 11) is 10.0. The molecule has 0 unspecified atom stereocenters. The van der Waals surface area contributed by atoms with Gasteiger partial charge in [-0.05, 0) is 21.0 Å². The molecule has 0 saturated carbocycles. The molecule has 5 nitrogen and oxygen atoms in total. The van der Waals surface area contributed by atoms with Crippen LogP contribution in [0.5, 0.6) is 0 Å². The lowest BCUT2D eigenvalue weighted by molar-refractivity contribution is -0.153. The largest absolute Gasteiger partial charge is 0.347 e. The molecule has 15 heavy (non-hydrogen) atoms. The van der Waals surface area contributed by atoms with E-state index in [1.54, 1.807) is 54.1 Å². The van der Waals surface area contributed by atoms with Gasteiger partial charge < -0.3 is 9.80 Å². The molecule has 88 valence electrons. The van der Waals surface area contributed by atoms with E-state index in [1.165, 1.54) is 9.80 Å². The SMILES string of the molecule is CN(C)C(=O)C(C)(C(=O)N(C)C)N(C)C. The molecule has 5 heteroatoms. The fourth-order valence-electron chi connectivity index (χ4n) is 1.34. The van der Waals surface area contributed by atoms with Crippen molar-refractivity contribution < 1.29 is 9.59 Å². The van der Waals surface area contributed by atoms with Gasteiger partial charge in [-0.2, -0.15) is 0 Å². The molecule has 0 aromatic carbocycles. The molecule has 0 aromatic heterocycles. The molecule has 0 atom stereocenters. The van der Waals surface area contributed by atoms with Crippen LogP contribution in [0.25, 0.3) is 0 Å². The zero-order chi connectivity index (χ0) is 12.4. The molecule has 0 aliphatic rings. The summed E-state index contributed by atoms with van der Waals surface area (Å²) in [5.74, 6) is -0.433. The Morgan fingerprint density at radius 2 is 1.07 bits per heavy atom. The quantitative estimate of drug-likeness (QED) is 0.595. The Morgan fingerprint density at radius 1 is 0.800 bits per heavy atom. The summed E-state index contributed by atoms with van der Waals surface area (Å²) in [5, 5.41) is 0. The van der Waals surface area contributed by atoms with Gasteiger partial charge in [-0.1, -0.05) is 0 Å². The van der Waals surface area contributed by atoms with E-state index in [0.717, 1.165) is 0 Å². The van der Waals surface area contributed by atoms with Crippen LogP contribution in [0.3, 0.4) is 0 Å². The third kappa shape index (κ3) is 2.47. The number of hydrogen-bond donors (Lipinski definition) is 0. The first-order valence-electron chi connectivity index (χ1n) is 4.76. The molecule has 0 heterocycles. The third-order valence-corrected chi connectivity index (χ3v) is 2.54. The van der Waals surface area contributed by atoms with Crippen molar-refractivity contribution in [1.29, 1.82) is 0 Å². The third-order valence-electron chi connectivity index (χ3n) is 2.54. The molecule has 2 amide bonds. The van der Waals surface area contributed by atoms with Crippen molar-refractivity contribution in [2.45, 2.75) is 12.5 Å². The van der Waals surface area contributed by atoms with Gasteiger partial charge in [0.1, 0.15) is 0 Å². The molecular formula is C10H21N3O2. The summed E-state index contributed by atoms with van der Waals surface area (Å²) in [6.45, 7) is 1.64. The lowest BCUT2D eigenvalue weighted by Gasteiger charge is -2.37. The van der Waals surface area contributed by atoms with Crippen LogP contribution < -0.4 is 0 Å². The van der Waals surface area contributed by atoms with Gasteiger partial charge in [-0.25, -0.2) is 0 Å². The minimum absolute atomic E-state index is 0.216. The van der Waals surface area contributed by atoms with Crippen LogP contribution in [0.1, 0.15) is 6.92 Å². The number of carbonyl (C=O) groups excluding carboxylic acids is 2. The van der Waals surface area contributed by atoms with E-state index in [0.29, 0.717) is 0 Å². The maximum atomic E-state index is 12.0. The molecule has 0 aromatic rings. The molecule has 0 spiro atoms. The highest BCUT2D eigenvalue weighted by Crippen LogP contribution is 2.16. The van der Waals surface area contributed by atoms with Crippen molar-refractivity contribution >= 4 is 11.8 Å². The van der Waals surface area contributed by atoms with E-state index in [-0.39, 0.29) is 11.8 Å². The first kappa shape index (κ1) is 13.9. The van der Waals surface area contributed by atoms with Crippen molar-refractivity contribution in [2.75, 3.05) is 42.3 Å². The standard InChI is InChI=1S/C10H21N3O2/c1-10(13(6)7,8(14)11(2)3)9(15)12(4)5/h1-7H3. The molecule has 0 bridgehead atoms. The number of likely N-dealkylation sites (N-methyl/N-ethyl adjacent to an activating group) is 3. The molecule has 0 radical (unpaired) electrons. The number of carbonyl (C=O) groups is 2.